The van der Waals surface area contributed by atoms with Crippen LogP contribution in [0.25, 0.3) is 21.9 Å². The quantitative estimate of drug-likeness (QED) is 0.782. The van der Waals surface area contributed by atoms with Gasteiger partial charge in [0, 0.05) is 30.3 Å². The van der Waals surface area contributed by atoms with Crippen molar-refractivity contribution < 1.29 is 4.79 Å². The van der Waals surface area contributed by atoms with Crippen molar-refractivity contribution >= 4 is 27.8 Å². The van der Waals surface area contributed by atoms with Gasteiger partial charge in [0.1, 0.15) is 5.82 Å². The number of nitrogens with one attached hydrogen (secondary N) is 1. The summed E-state index contributed by atoms with van der Waals surface area (Å²) in [6.07, 6.45) is 4.82. The van der Waals surface area contributed by atoms with E-state index in [1.165, 1.54) is 0 Å². The monoisotopic (exact) mass is 331 g/mol. The first-order valence-corrected chi connectivity index (χ1v) is 8.70. The van der Waals surface area contributed by atoms with E-state index >= 15 is 0 Å². The smallest absolute Gasteiger partial charge is 0.225 e. The van der Waals surface area contributed by atoms with Crippen LogP contribution in [-0.2, 0) is 4.79 Å². The predicted octanol–water partition coefficient (Wildman–Crippen LogP) is 2.71. The number of rotatable bonds is 2. The van der Waals surface area contributed by atoms with E-state index in [9.17, 15) is 4.79 Å². The van der Waals surface area contributed by atoms with Crippen molar-refractivity contribution in [1.82, 2.24) is 19.9 Å². The van der Waals surface area contributed by atoms with Gasteiger partial charge in [-0.25, -0.2) is 4.98 Å². The molecule has 25 heavy (non-hydrogen) atoms. The Morgan fingerprint density at radius 1 is 1.32 bits per heavy atom. The first-order chi connectivity index (χ1) is 12.2. The Bertz CT molecular complexity index is 1040. The predicted molar refractivity (Wildman–Crippen MR) is 92.8 cm³/mol. The Kier molecular flexibility index (Phi) is 3.04. The molecule has 6 heteroatoms. The molecule has 1 aliphatic carbocycles. The Hall–Kier alpha value is -2.94. The number of carbonyl (C=O) groups excluding carboxylic acids is 1. The molecule has 0 spiro atoms. The van der Waals surface area contributed by atoms with E-state index < -0.39 is 0 Å². The molecule has 1 saturated heterocycles. The van der Waals surface area contributed by atoms with Crippen molar-refractivity contribution in [3.63, 3.8) is 0 Å². The summed E-state index contributed by atoms with van der Waals surface area (Å²) in [7, 11) is 0. The highest BCUT2D eigenvalue weighted by Crippen LogP contribution is 2.35. The maximum absolute atomic E-state index is 12.3. The summed E-state index contributed by atoms with van der Waals surface area (Å²) < 4.78 is 0. The van der Waals surface area contributed by atoms with Gasteiger partial charge in [0.2, 0.25) is 5.91 Å². The molecule has 1 N–H and O–H groups in total. The lowest BCUT2D eigenvalue weighted by Crippen LogP contribution is -2.29. The number of nitrogens with zero attached hydrogens (tertiary/aromatic N) is 4. The molecule has 2 aliphatic rings. The molecule has 3 heterocycles. The molecule has 5 rings (SSSR count). The van der Waals surface area contributed by atoms with Crippen LogP contribution in [0.4, 0.5) is 0 Å². The van der Waals surface area contributed by atoms with Gasteiger partial charge in [0.15, 0.2) is 0 Å². The standard InChI is InChI=1S/C19H17N5O/c20-8-11-1-4-15-14(7-11)17-16(9-21-15)22-18(23-17)13-5-6-24(10-13)19(25)12-2-3-12/h1,4,7,9,12-13H,2-3,5-6,10H2,(H,22,23). The van der Waals surface area contributed by atoms with Crippen molar-refractivity contribution in [3.05, 3.63) is 35.8 Å². The summed E-state index contributed by atoms with van der Waals surface area (Å²) in [4.78, 5) is 26.9. The molecule has 1 amide bonds. The number of fused-ring (bicyclic) bond motifs is 3. The number of nitriles is 1. The SMILES string of the molecule is N#Cc1ccc2ncc3[nH]c(C4CCN(C(=O)C5CC5)C4)nc3c2c1. The molecule has 0 bridgehead atoms. The molecule has 1 aromatic carbocycles. The first kappa shape index (κ1) is 14.4. The van der Waals surface area contributed by atoms with Crippen molar-refractivity contribution in [3.8, 4) is 6.07 Å². The molecule has 3 aromatic rings. The van der Waals surface area contributed by atoms with Crippen LogP contribution in [0.5, 0.6) is 0 Å². The van der Waals surface area contributed by atoms with Gasteiger partial charge in [0.05, 0.1) is 34.4 Å². The Labute approximate surface area is 144 Å². The lowest BCUT2D eigenvalue weighted by atomic mass is 10.1. The van der Waals surface area contributed by atoms with E-state index in [0.29, 0.717) is 11.5 Å². The maximum Gasteiger partial charge on any atom is 0.225 e. The number of aromatic amines is 1. The summed E-state index contributed by atoms with van der Waals surface area (Å²) in [5, 5.41) is 10.0. The number of likely N-dealkylation sites (tertiary alicyclic amines) is 1. The number of benzene rings is 1. The fraction of sp³-hybridized carbons (Fsp3) is 0.368. The van der Waals surface area contributed by atoms with Gasteiger partial charge >= 0.3 is 0 Å². The van der Waals surface area contributed by atoms with Gasteiger partial charge < -0.3 is 9.88 Å². The minimum absolute atomic E-state index is 0.240. The minimum atomic E-state index is 0.240. The number of imidazole rings is 1. The molecule has 0 radical (unpaired) electrons. The van der Waals surface area contributed by atoms with Crippen LogP contribution in [0.15, 0.2) is 24.4 Å². The maximum atomic E-state index is 12.3. The molecular weight excluding hydrogens is 314 g/mol. The van der Waals surface area contributed by atoms with Crippen LogP contribution in [0.3, 0.4) is 0 Å². The molecule has 1 saturated carbocycles. The van der Waals surface area contributed by atoms with E-state index in [1.54, 1.807) is 12.3 Å². The largest absolute Gasteiger partial charge is 0.342 e. The molecule has 1 aliphatic heterocycles. The Balaban J connectivity index is 1.51. The van der Waals surface area contributed by atoms with Crippen LogP contribution in [0.2, 0.25) is 0 Å². The van der Waals surface area contributed by atoms with Gasteiger partial charge in [-0.15, -0.1) is 0 Å². The third kappa shape index (κ3) is 2.35. The van der Waals surface area contributed by atoms with Crippen LogP contribution in [0, 0.1) is 17.2 Å². The fourth-order valence-electron chi connectivity index (χ4n) is 3.71. The summed E-state index contributed by atoms with van der Waals surface area (Å²) in [6, 6.07) is 7.64. The zero-order valence-electron chi connectivity index (χ0n) is 13.7. The van der Waals surface area contributed by atoms with E-state index in [2.05, 4.69) is 16.0 Å². The summed E-state index contributed by atoms with van der Waals surface area (Å²) in [5.41, 5.74) is 3.17. The highest BCUT2D eigenvalue weighted by molar-refractivity contribution is 6.02. The second-order valence-corrected chi connectivity index (χ2v) is 7.03. The topological polar surface area (TPSA) is 85.7 Å². The van der Waals surface area contributed by atoms with Gasteiger partial charge in [-0.05, 0) is 37.5 Å². The average molecular weight is 331 g/mol. The number of H-pyrrole nitrogens is 1. The van der Waals surface area contributed by atoms with Crippen LogP contribution in [0.1, 0.15) is 36.6 Å². The molecular formula is C19H17N5O. The van der Waals surface area contributed by atoms with Crippen LogP contribution >= 0.6 is 0 Å². The van der Waals surface area contributed by atoms with Crippen molar-refractivity contribution in [2.45, 2.75) is 25.2 Å². The third-order valence-corrected chi connectivity index (χ3v) is 5.28. The lowest BCUT2D eigenvalue weighted by Gasteiger charge is -2.15. The van der Waals surface area contributed by atoms with Gasteiger partial charge in [-0.2, -0.15) is 5.26 Å². The van der Waals surface area contributed by atoms with Crippen molar-refractivity contribution in [2.24, 2.45) is 5.92 Å². The number of pyridine rings is 1. The number of amides is 1. The number of aromatic nitrogens is 3. The van der Waals surface area contributed by atoms with Crippen molar-refractivity contribution in [1.29, 1.82) is 5.26 Å². The van der Waals surface area contributed by atoms with E-state index in [4.69, 9.17) is 10.2 Å². The molecule has 1 unspecified atom stereocenters. The zero-order valence-corrected chi connectivity index (χ0v) is 13.7. The second-order valence-electron chi connectivity index (χ2n) is 7.03. The Morgan fingerprint density at radius 2 is 2.20 bits per heavy atom. The first-order valence-electron chi connectivity index (χ1n) is 8.70. The second kappa shape index (κ2) is 5.28. The zero-order chi connectivity index (χ0) is 17.0. The Morgan fingerprint density at radius 3 is 3.00 bits per heavy atom. The van der Waals surface area contributed by atoms with E-state index in [-0.39, 0.29) is 11.8 Å². The van der Waals surface area contributed by atoms with Gasteiger partial charge in [-0.1, -0.05) is 0 Å². The number of carbonyl (C=O) groups is 1. The average Bonchev–Trinajstić information content (AvgIpc) is 3.20. The summed E-state index contributed by atoms with van der Waals surface area (Å²) in [6.45, 7) is 1.55. The van der Waals surface area contributed by atoms with E-state index in [0.717, 1.165) is 60.1 Å². The van der Waals surface area contributed by atoms with E-state index in [1.807, 2.05) is 17.0 Å². The highest BCUT2D eigenvalue weighted by atomic mass is 16.2. The molecule has 6 nitrogen and oxygen atoms in total. The third-order valence-electron chi connectivity index (χ3n) is 5.28. The van der Waals surface area contributed by atoms with Crippen molar-refractivity contribution in [2.75, 3.05) is 13.1 Å². The fourth-order valence-corrected chi connectivity index (χ4v) is 3.71. The normalized spacial score (nSPS) is 20.3. The molecule has 124 valence electrons. The van der Waals surface area contributed by atoms with Gasteiger partial charge in [-0.3, -0.25) is 9.78 Å². The molecule has 2 fully saturated rings. The number of hydrogen-bond acceptors (Lipinski definition) is 4. The van der Waals surface area contributed by atoms with Crippen LogP contribution < -0.4 is 0 Å². The lowest BCUT2D eigenvalue weighted by molar-refractivity contribution is -0.131. The number of hydrogen-bond donors (Lipinski definition) is 1. The molecule has 1 atom stereocenters. The highest BCUT2D eigenvalue weighted by Gasteiger charge is 2.37. The summed E-state index contributed by atoms with van der Waals surface area (Å²) in [5.74, 6) is 1.73. The van der Waals surface area contributed by atoms with Crippen LogP contribution in [-0.4, -0.2) is 38.8 Å². The minimum Gasteiger partial charge on any atom is -0.342 e. The van der Waals surface area contributed by atoms with Gasteiger partial charge in [0.25, 0.3) is 0 Å². The summed E-state index contributed by atoms with van der Waals surface area (Å²) >= 11 is 0. The molecule has 2 aromatic heterocycles.